The average molecular weight is 539 g/mol. The number of likely N-dealkylation sites (tertiary alicyclic amines) is 1. The van der Waals surface area contributed by atoms with Crippen LogP contribution >= 0.6 is 24.0 Å². The van der Waals surface area contributed by atoms with Crippen LogP contribution in [0.4, 0.5) is 0 Å². The van der Waals surface area contributed by atoms with Crippen LogP contribution in [-0.2, 0) is 22.6 Å². The second-order valence-electron chi connectivity index (χ2n) is 8.66. The largest absolute Gasteiger partial charge is 0.352 e. The fourth-order valence-corrected chi connectivity index (χ4v) is 4.88. The van der Waals surface area contributed by atoms with E-state index in [9.17, 15) is 9.59 Å². The topological polar surface area (TPSA) is 77.0 Å². The zero-order chi connectivity index (χ0) is 20.9. The van der Waals surface area contributed by atoms with Gasteiger partial charge < -0.3 is 20.4 Å². The molecule has 1 unspecified atom stereocenters. The van der Waals surface area contributed by atoms with Gasteiger partial charge in [-0.3, -0.25) is 14.6 Å². The number of rotatable bonds is 4. The van der Waals surface area contributed by atoms with Gasteiger partial charge in [-0.05, 0) is 36.8 Å². The number of carbonyl (C=O) groups is 2. The molecule has 1 saturated carbocycles. The maximum atomic E-state index is 12.7. The van der Waals surface area contributed by atoms with Gasteiger partial charge in [0, 0.05) is 45.2 Å². The van der Waals surface area contributed by atoms with Gasteiger partial charge >= 0.3 is 0 Å². The normalized spacial score (nSPS) is 21.5. The van der Waals surface area contributed by atoms with Gasteiger partial charge in [0.2, 0.25) is 11.8 Å². The molecule has 2 N–H and O–H groups in total. The Bertz CT molecular complexity index is 809. The molecule has 8 heteroatoms. The van der Waals surface area contributed by atoms with E-state index in [1.807, 2.05) is 15.9 Å². The molecule has 2 heterocycles. The molecule has 0 radical (unpaired) electrons. The summed E-state index contributed by atoms with van der Waals surface area (Å²) in [6, 6.07) is 8.50. The summed E-state index contributed by atoms with van der Waals surface area (Å²) < 4.78 is 0. The summed E-state index contributed by atoms with van der Waals surface area (Å²) in [5.74, 6) is 1.26. The molecule has 1 aromatic carbocycles. The predicted molar refractivity (Wildman–Crippen MR) is 132 cm³/mol. The quantitative estimate of drug-likeness (QED) is 0.350. The van der Waals surface area contributed by atoms with Crippen molar-refractivity contribution >= 4 is 41.8 Å². The number of amides is 2. The summed E-state index contributed by atoms with van der Waals surface area (Å²) in [5.41, 5.74) is 2.57. The molecular weight excluding hydrogens is 505 g/mol. The van der Waals surface area contributed by atoms with E-state index < -0.39 is 0 Å². The van der Waals surface area contributed by atoms with Crippen LogP contribution in [-0.4, -0.2) is 66.8 Å². The van der Waals surface area contributed by atoms with Crippen LogP contribution in [0, 0.1) is 5.92 Å². The molecule has 0 spiro atoms. The van der Waals surface area contributed by atoms with E-state index in [0.717, 1.165) is 38.8 Å². The molecule has 0 bridgehead atoms. The zero-order valence-corrected chi connectivity index (χ0v) is 20.6. The number of benzene rings is 1. The second kappa shape index (κ2) is 11.2. The molecule has 31 heavy (non-hydrogen) atoms. The van der Waals surface area contributed by atoms with Gasteiger partial charge in [0.15, 0.2) is 5.96 Å². The van der Waals surface area contributed by atoms with E-state index >= 15 is 0 Å². The van der Waals surface area contributed by atoms with Crippen molar-refractivity contribution in [3.63, 3.8) is 0 Å². The first-order valence-electron chi connectivity index (χ1n) is 11.2. The molecule has 4 rings (SSSR count). The Morgan fingerprint density at radius 2 is 1.81 bits per heavy atom. The lowest BCUT2D eigenvalue weighted by Crippen LogP contribution is -2.49. The number of aliphatic imine (C=N–C) groups is 1. The Morgan fingerprint density at radius 3 is 2.55 bits per heavy atom. The van der Waals surface area contributed by atoms with Crippen LogP contribution in [0.25, 0.3) is 0 Å². The Balaban J connectivity index is 0.00000272. The minimum atomic E-state index is 0. The summed E-state index contributed by atoms with van der Waals surface area (Å²) in [4.78, 5) is 33.5. The van der Waals surface area contributed by atoms with Gasteiger partial charge in [0.25, 0.3) is 0 Å². The highest BCUT2D eigenvalue weighted by molar-refractivity contribution is 14.0. The van der Waals surface area contributed by atoms with Crippen molar-refractivity contribution in [3.8, 4) is 0 Å². The molecule has 1 aliphatic carbocycles. The maximum Gasteiger partial charge on any atom is 0.242 e. The minimum absolute atomic E-state index is 0. The second-order valence-corrected chi connectivity index (χ2v) is 8.66. The summed E-state index contributed by atoms with van der Waals surface area (Å²) in [6.45, 7) is 3.16. The number of nitrogens with one attached hydrogen (secondary N) is 2. The molecule has 7 nitrogen and oxygen atoms in total. The monoisotopic (exact) mass is 539 g/mol. The number of hydrogen-bond donors (Lipinski definition) is 2. The molecule has 1 saturated heterocycles. The summed E-state index contributed by atoms with van der Waals surface area (Å²) >= 11 is 0. The van der Waals surface area contributed by atoms with Crippen molar-refractivity contribution in [2.45, 2.75) is 51.1 Å². The number of carbonyl (C=O) groups excluding carboxylic acids is 2. The van der Waals surface area contributed by atoms with Crippen LogP contribution in [0.3, 0.4) is 0 Å². The highest BCUT2D eigenvalue weighted by atomic mass is 127. The highest BCUT2D eigenvalue weighted by Crippen LogP contribution is 2.27. The van der Waals surface area contributed by atoms with E-state index in [4.69, 9.17) is 0 Å². The number of nitrogens with zero attached hydrogens (tertiary/aromatic N) is 3. The summed E-state index contributed by atoms with van der Waals surface area (Å²) in [7, 11) is 1.72. The zero-order valence-electron chi connectivity index (χ0n) is 18.3. The van der Waals surface area contributed by atoms with Crippen molar-refractivity contribution in [1.82, 2.24) is 20.4 Å². The van der Waals surface area contributed by atoms with Gasteiger partial charge in [0.05, 0.1) is 6.54 Å². The van der Waals surface area contributed by atoms with Gasteiger partial charge in [-0.25, -0.2) is 0 Å². The highest BCUT2D eigenvalue weighted by Gasteiger charge is 2.32. The molecule has 0 aromatic heterocycles. The average Bonchev–Trinajstić information content (AvgIpc) is 3.48. The molecule has 2 amide bonds. The lowest BCUT2D eigenvalue weighted by atomic mass is 10.00. The first kappa shape index (κ1) is 23.8. The van der Waals surface area contributed by atoms with Gasteiger partial charge in [0.1, 0.15) is 0 Å². The van der Waals surface area contributed by atoms with Crippen LogP contribution in [0.1, 0.15) is 43.2 Å². The van der Waals surface area contributed by atoms with E-state index in [0.29, 0.717) is 25.0 Å². The number of fused-ring (bicyclic) bond motifs is 1. The van der Waals surface area contributed by atoms with E-state index in [1.165, 1.54) is 24.0 Å². The van der Waals surface area contributed by atoms with Gasteiger partial charge in [-0.1, -0.05) is 37.1 Å². The molecule has 1 atom stereocenters. The van der Waals surface area contributed by atoms with Crippen LogP contribution in [0.5, 0.6) is 0 Å². The smallest absolute Gasteiger partial charge is 0.242 e. The number of halogens is 1. The third kappa shape index (κ3) is 5.90. The fraction of sp³-hybridized carbons (Fsp3) is 0.609. The van der Waals surface area contributed by atoms with Crippen molar-refractivity contribution in [1.29, 1.82) is 0 Å². The van der Waals surface area contributed by atoms with Crippen LogP contribution in [0.2, 0.25) is 0 Å². The predicted octanol–water partition coefficient (Wildman–Crippen LogP) is 2.15. The molecule has 3 aliphatic rings. The number of guanidine groups is 1. The van der Waals surface area contributed by atoms with Gasteiger partial charge in [-0.2, -0.15) is 0 Å². The SMILES string of the molecule is CN=C(NCC(=O)N1CCc2ccccc2C1)NC1CCN(C(=O)C2CCCC2)C1.I. The third-order valence-corrected chi connectivity index (χ3v) is 6.66. The standard InChI is InChI=1S/C23H33N5O2.HI/c1-24-23(26-20-11-13-28(16-20)22(30)18-7-3-4-8-18)25-14-21(29)27-12-10-17-6-2-5-9-19(17)15-27;/h2,5-6,9,18,20H,3-4,7-8,10-16H2,1H3,(H2,24,25,26);1H. The Labute approximate surface area is 202 Å². The lowest BCUT2D eigenvalue weighted by Gasteiger charge is -2.29. The van der Waals surface area contributed by atoms with Crippen molar-refractivity contribution in [2.24, 2.45) is 10.9 Å². The van der Waals surface area contributed by atoms with E-state index in [1.54, 1.807) is 7.05 Å². The van der Waals surface area contributed by atoms with Gasteiger partial charge in [-0.15, -0.1) is 24.0 Å². The number of hydrogen-bond acceptors (Lipinski definition) is 3. The van der Waals surface area contributed by atoms with Crippen molar-refractivity contribution < 1.29 is 9.59 Å². The first-order valence-corrected chi connectivity index (χ1v) is 11.2. The maximum absolute atomic E-state index is 12.7. The van der Waals surface area contributed by atoms with Crippen molar-refractivity contribution in [3.05, 3.63) is 35.4 Å². The minimum Gasteiger partial charge on any atom is -0.352 e. The molecule has 2 aliphatic heterocycles. The summed E-state index contributed by atoms with van der Waals surface area (Å²) in [6.07, 6.45) is 6.26. The molecule has 170 valence electrons. The van der Waals surface area contributed by atoms with E-state index in [-0.39, 0.29) is 48.4 Å². The Hall–Kier alpha value is -1.84. The lowest BCUT2D eigenvalue weighted by molar-refractivity contribution is -0.134. The molecular formula is C23H34IN5O2. The first-order chi connectivity index (χ1) is 14.6. The Kier molecular flexibility index (Phi) is 8.57. The van der Waals surface area contributed by atoms with Crippen LogP contribution in [0.15, 0.2) is 29.3 Å². The van der Waals surface area contributed by atoms with E-state index in [2.05, 4.69) is 33.8 Å². The van der Waals surface area contributed by atoms with Crippen molar-refractivity contribution in [2.75, 3.05) is 33.2 Å². The van der Waals surface area contributed by atoms with Crippen LogP contribution < -0.4 is 10.6 Å². The molecule has 1 aromatic rings. The Morgan fingerprint density at radius 1 is 1.06 bits per heavy atom. The summed E-state index contributed by atoms with van der Waals surface area (Å²) in [5, 5.41) is 6.55. The third-order valence-electron chi connectivity index (χ3n) is 6.66. The molecule has 2 fully saturated rings. The fourth-order valence-electron chi connectivity index (χ4n) is 4.88.